The van der Waals surface area contributed by atoms with Crippen LogP contribution in [0.1, 0.15) is 30.9 Å². The van der Waals surface area contributed by atoms with Crippen molar-refractivity contribution in [2.75, 3.05) is 7.05 Å². The van der Waals surface area contributed by atoms with Crippen LogP contribution in [0.15, 0.2) is 42.5 Å². The molecule has 128 valence electrons. The molecule has 1 saturated heterocycles. The summed E-state index contributed by atoms with van der Waals surface area (Å²) in [6.07, 6.45) is 7.70. The van der Waals surface area contributed by atoms with Crippen molar-refractivity contribution in [3.8, 4) is 6.07 Å². The lowest BCUT2D eigenvalue weighted by Gasteiger charge is -2.42. The van der Waals surface area contributed by atoms with Gasteiger partial charge in [0.05, 0.1) is 24.4 Å². The first-order chi connectivity index (χ1) is 11.9. The van der Waals surface area contributed by atoms with E-state index in [-0.39, 0.29) is 24.3 Å². The fourth-order valence-corrected chi connectivity index (χ4v) is 3.41. The average Bonchev–Trinajstić information content (AvgIpc) is 2.60. The molecule has 25 heavy (non-hydrogen) atoms. The van der Waals surface area contributed by atoms with E-state index in [4.69, 9.17) is 5.26 Å². The molecule has 0 saturated carbocycles. The molecule has 0 bridgehead atoms. The fraction of sp³-hybridized carbons (Fsp3) is 0.350. The van der Waals surface area contributed by atoms with Crippen molar-refractivity contribution in [3.05, 3.63) is 53.6 Å². The third-order valence-corrected chi connectivity index (χ3v) is 5.02. The van der Waals surface area contributed by atoms with E-state index < -0.39 is 5.54 Å². The van der Waals surface area contributed by atoms with Crippen LogP contribution < -0.4 is 5.32 Å². The van der Waals surface area contributed by atoms with Gasteiger partial charge in [0.25, 0.3) is 0 Å². The van der Waals surface area contributed by atoms with Crippen LogP contribution in [0.3, 0.4) is 0 Å². The van der Waals surface area contributed by atoms with Gasteiger partial charge in [0.15, 0.2) is 0 Å². The predicted octanol–water partition coefficient (Wildman–Crippen LogP) is 3.04. The van der Waals surface area contributed by atoms with Gasteiger partial charge in [-0.1, -0.05) is 42.5 Å². The smallest absolute Gasteiger partial charge is 0.324 e. The van der Waals surface area contributed by atoms with E-state index >= 15 is 0 Å². The highest BCUT2D eigenvalue weighted by molar-refractivity contribution is 5.97. The van der Waals surface area contributed by atoms with Gasteiger partial charge in [-0.25, -0.2) is 4.79 Å². The number of nitriles is 1. The molecule has 5 heteroatoms. The lowest BCUT2D eigenvalue weighted by atomic mass is 9.76. The molecule has 1 aromatic carbocycles. The highest BCUT2D eigenvalue weighted by Gasteiger charge is 2.43. The van der Waals surface area contributed by atoms with Gasteiger partial charge in [0.1, 0.15) is 0 Å². The number of imide groups is 1. The largest absolute Gasteiger partial charge is 0.331 e. The zero-order valence-corrected chi connectivity index (χ0v) is 14.5. The maximum absolute atomic E-state index is 12.1. The standard InChI is InChI=1S/C20H21N3O2/c1-20(13-18(24)23(2)19(25)22-20)17-8-4-7-16(12-17)15-6-3-5-14(11-15)9-10-21/h3-7,11-12,17H,8-9,13H2,1-2H3,(H,22,25)/t17?,20-/m0/s1. The molecule has 1 aliphatic carbocycles. The summed E-state index contributed by atoms with van der Waals surface area (Å²) in [5.41, 5.74) is 2.48. The van der Waals surface area contributed by atoms with E-state index in [1.807, 2.05) is 31.2 Å². The zero-order valence-electron chi connectivity index (χ0n) is 14.5. The summed E-state index contributed by atoms with van der Waals surface area (Å²) >= 11 is 0. The highest BCUT2D eigenvalue weighted by atomic mass is 16.2. The molecule has 1 unspecified atom stereocenters. The first kappa shape index (κ1) is 17.0. The molecule has 5 nitrogen and oxygen atoms in total. The number of hydrogen-bond acceptors (Lipinski definition) is 3. The Morgan fingerprint density at radius 3 is 2.92 bits per heavy atom. The van der Waals surface area contributed by atoms with Crippen LogP contribution in [0.4, 0.5) is 4.79 Å². The van der Waals surface area contributed by atoms with E-state index in [9.17, 15) is 9.59 Å². The second-order valence-corrected chi connectivity index (χ2v) is 6.88. The van der Waals surface area contributed by atoms with Crippen LogP contribution in [0.5, 0.6) is 0 Å². The fourth-order valence-electron chi connectivity index (χ4n) is 3.41. The number of urea groups is 1. The van der Waals surface area contributed by atoms with Crippen molar-refractivity contribution in [2.24, 2.45) is 5.92 Å². The summed E-state index contributed by atoms with van der Waals surface area (Å²) in [7, 11) is 1.50. The van der Waals surface area contributed by atoms with Crippen LogP contribution >= 0.6 is 0 Å². The first-order valence-corrected chi connectivity index (χ1v) is 8.36. The summed E-state index contributed by atoms with van der Waals surface area (Å²) in [6, 6.07) is 9.74. The highest BCUT2D eigenvalue weighted by Crippen LogP contribution is 2.35. The monoisotopic (exact) mass is 335 g/mol. The molecule has 3 amide bonds. The summed E-state index contributed by atoms with van der Waals surface area (Å²) in [6.45, 7) is 1.93. The average molecular weight is 335 g/mol. The number of nitrogens with zero attached hydrogens (tertiary/aromatic N) is 2. The van der Waals surface area contributed by atoms with Crippen LogP contribution in [-0.4, -0.2) is 29.4 Å². The molecule has 3 rings (SSSR count). The Morgan fingerprint density at radius 2 is 2.20 bits per heavy atom. The third-order valence-electron chi connectivity index (χ3n) is 5.02. The molecule has 0 spiro atoms. The van der Waals surface area contributed by atoms with Crippen molar-refractivity contribution < 1.29 is 9.59 Å². The van der Waals surface area contributed by atoms with E-state index in [1.165, 1.54) is 7.05 Å². The Kier molecular flexibility index (Phi) is 4.45. The first-order valence-electron chi connectivity index (χ1n) is 8.36. The van der Waals surface area contributed by atoms with E-state index in [0.29, 0.717) is 6.42 Å². The van der Waals surface area contributed by atoms with Crippen molar-refractivity contribution >= 4 is 17.5 Å². The van der Waals surface area contributed by atoms with Gasteiger partial charge in [-0.15, -0.1) is 0 Å². The molecule has 1 fully saturated rings. The molecule has 1 aliphatic heterocycles. The zero-order chi connectivity index (χ0) is 18.0. The van der Waals surface area contributed by atoms with Gasteiger partial charge in [-0.05, 0) is 30.0 Å². The molecule has 1 heterocycles. The van der Waals surface area contributed by atoms with Gasteiger partial charge >= 0.3 is 6.03 Å². The van der Waals surface area contributed by atoms with E-state index in [2.05, 4.69) is 29.6 Å². The normalized spacial score (nSPS) is 26.0. The lowest BCUT2D eigenvalue weighted by Crippen LogP contribution is -2.62. The summed E-state index contributed by atoms with van der Waals surface area (Å²) in [5.74, 6) is -0.125. The topological polar surface area (TPSA) is 73.2 Å². The lowest BCUT2D eigenvalue weighted by molar-refractivity contribution is -0.130. The predicted molar refractivity (Wildman–Crippen MR) is 95.3 cm³/mol. The minimum atomic E-state index is -0.596. The van der Waals surface area contributed by atoms with Crippen LogP contribution in [0, 0.1) is 17.2 Å². The Labute approximate surface area is 147 Å². The van der Waals surface area contributed by atoms with Gasteiger partial charge in [0.2, 0.25) is 5.91 Å². The van der Waals surface area contributed by atoms with Gasteiger partial charge in [-0.2, -0.15) is 5.26 Å². The summed E-state index contributed by atoms with van der Waals surface area (Å²) < 4.78 is 0. The summed E-state index contributed by atoms with van der Waals surface area (Å²) in [4.78, 5) is 25.3. The maximum Gasteiger partial charge on any atom is 0.324 e. The van der Waals surface area contributed by atoms with Crippen molar-refractivity contribution in [2.45, 2.75) is 31.7 Å². The van der Waals surface area contributed by atoms with Gasteiger partial charge < -0.3 is 5.32 Å². The van der Waals surface area contributed by atoms with Crippen molar-refractivity contribution in [3.63, 3.8) is 0 Å². The number of hydrogen-bond donors (Lipinski definition) is 1. The minimum absolute atomic E-state index is 0.0359. The Balaban J connectivity index is 1.89. The number of allylic oxidation sites excluding steroid dienone is 3. The maximum atomic E-state index is 12.1. The van der Waals surface area contributed by atoms with Gasteiger partial charge in [-0.3, -0.25) is 9.69 Å². The Hall–Kier alpha value is -2.87. The quantitative estimate of drug-likeness (QED) is 0.922. The van der Waals surface area contributed by atoms with Gasteiger partial charge in [0, 0.05) is 13.0 Å². The van der Waals surface area contributed by atoms with Crippen LogP contribution in [0.2, 0.25) is 0 Å². The molecular formula is C20H21N3O2. The Bertz CT molecular complexity index is 798. The molecule has 1 aromatic rings. The molecule has 1 N–H and O–H groups in total. The van der Waals surface area contributed by atoms with E-state index in [0.717, 1.165) is 28.0 Å². The number of carbonyl (C=O) groups is 2. The molecular weight excluding hydrogens is 314 g/mol. The number of carbonyl (C=O) groups excluding carboxylic acids is 2. The molecule has 2 atom stereocenters. The van der Waals surface area contributed by atoms with Crippen LogP contribution in [-0.2, 0) is 11.2 Å². The second-order valence-electron chi connectivity index (χ2n) is 6.88. The SMILES string of the molecule is CN1C(=O)C[C@@](C)(C2C=C(c3cccc(CC#N)c3)C=CC2)NC1=O. The van der Waals surface area contributed by atoms with E-state index in [1.54, 1.807) is 0 Å². The van der Waals surface area contributed by atoms with Crippen LogP contribution in [0.25, 0.3) is 5.57 Å². The number of nitrogens with one attached hydrogen (secondary N) is 1. The third kappa shape index (κ3) is 3.34. The van der Waals surface area contributed by atoms with Crippen molar-refractivity contribution in [1.82, 2.24) is 10.2 Å². The molecule has 0 aromatic heterocycles. The van der Waals surface area contributed by atoms with Crippen molar-refractivity contribution in [1.29, 1.82) is 5.26 Å². The minimum Gasteiger partial charge on any atom is -0.331 e. The molecule has 2 aliphatic rings. The number of benzene rings is 1. The number of rotatable bonds is 3. The Morgan fingerprint density at radius 1 is 1.40 bits per heavy atom. The second kappa shape index (κ2) is 6.56. The summed E-state index contributed by atoms with van der Waals surface area (Å²) in [5, 5.41) is 11.9. The molecule has 0 radical (unpaired) electrons. The number of amides is 3.